The topological polar surface area (TPSA) is 57.6 Å². The van der Waals surface area contributed by atoms with Crippen molar-refractivity contribution < 1.29 is 14.7 Å². The molecule has 0 aromatic carbocycles. The molecule has 4 nitrogen and oxygen atoms in total. The summed E-state index contributed by atoms with van der Waals surface area (Å²) >= 11 is 0. The molecule has 0 aromatic heterocycles. The maximum atomic E-state index is 12.1. The average molecular weight is 283 g/mol. The maximum Gasteiger partial charge on any atom is 0.311 e. The van der Waals surface area contributed by atoms with Gasteiger partial charge in [-0.3, -0.25) is 9.59 Å². The Bertz CT molecular complexity index is 330. The largest absolute Gasteiger partial charge is 0.481 e. The van der Waals surface area contributed by atoms with Gasteiger partial charge in [0.15, 0.2) is 0 Å². The second kappa shape index (κ2) is 8.28. The Morgan fingerprint density at radius 2 is 1.75 bits per heavy atom. The van der Waals surface area contributed by atoms with Gasteiger partial charge in [0, 0.05) is 19.5 Å². The van der Waals surface area contributed by atoms with Gasteiger partial charge in [0.2, 0.25) is 5.91 Å². The van der Waals surface area contributed by atoms with Crippen molar-refractivity contribution in [1.82, 2.24) is 4.90 Å². The van der Waals surface area contributed by atoms with E-state index in [0.29, 0.717) is 32.4 Å². The Balaban J connectivity index is 2.27. The highest BCUT2D eigenvalue weighted by Gasteiger charge is 2.44. The van der Waals surface area contributed by atoms with E-state index in [4.69, 9.17) is 0 Å². The van der Waals surface area contributed by atoms with Crippen molar-refractivity contribution in [3.05, 3.63) is 0 Å². The van der Waals surface area contributed by atoms with Crippen LogP contribution in [0, 0.1) is 5.41 Å². The Morgan fingerprint density at radius 3 is 2.30 bits per heavy atom. The fourth-order valence-corrected chi connectivity index (χ4v) is 2.91. The molecule has 0 bridgehead atoms. The first-order valence-corrected chi connectivity index (χ1v) is 8.07. The van der Waals surface area contributed by atoms with Gasteiger partial charge in [-0.05, 0) is 19.3 Å². The maximum absolute atomic E-state index is 12.1. The van der Waals surface area contributed by atoms with E-state index in [9.17, 15) is 14.7 Å². The number of rotatable bonds is 9. The Hall–Kier alpha value is -1.06. The summed E-state index contributed by atoms with van der Waals surface area (Å²) in [5.41, 5.74) is -0.698. The molecule has 20 heavy (non-hydrogen) atoms. The predicted molar refractivity (Wildman–Crippen MR) is 79.5 cm³/mol. The number of aliphatic carboxylic acids is 1. The van der Waals surface area contributed by atoms with Crippen LogP contribution in [0.2, 0.25) is 0 Å². The van der Waals surface area contributed by atoms with Gasteiger partial charge in [0.1, 0.15) is 0 Å². The Morgan fingerprint density at radius 1 is 1.10 bits per heavy atom. The summed E-state index contributed by atoms with van der Waals surface area (Å²) in [7, 11) is 0. The number of amides is 1. The van der Waals surface area contributed by atoms with Crippen molar-refractivity contribution in [3.63, 3.8) is 0 Å². The van der Waals surface area contributed by atoms with Crippen LogP contribution in [0.25, 0.3) is 0 Å². The van der Waals surface area contributed by atoms with Crippen LogP contribution in [-0.2, 0) is 9.59 Å². The van der Waals surface area contributed by atoms with Gasteiger partial charge >= 0.3 is 5.97 Å². The fraction of sp³-hybridized carbons (Fsp3) is 0.875. The van der Waals surface area contributed by atoms with Gasteiger partial charge in [-0.25, -0.2) is 0 Å². The van der Waals surface area contributed by atoms with Crippen LogP contribution in [0.3, 0.4) is 0 Å². The van der Waals surface area contributed by atoms with E-state index in [1.165, 1.54) is 25.7 Å². The molecule has 1 aliphatic rings. The van der Waals surface area contributed by atoms with Crippen molar-refractivity contribution in [2.75, 3.05) is 13.1 Å². The summed E-state index contributed by atoms with van der Waals surface area (Å²) in [6.07, 6.45) is 8.79. The van der Waals surface area contributed by atoms with Gasteiger partial charge in [-0.15, -0.1) is 0 Å². The molecule has 1 amide bonds. The van der Waals surface area contributed by atoms with Crippen molar-refractivity contribution in [2.45, 2.75) is 71.6 Å². The lowest BCUT2D eigenvalue weighted by Crippen LogP contribution is -2.36. The van der Waals surface area contributed by atoms with Crippen LogP contribution < -0.4 is 0 Å². The smallest absolute Gasteiger partial charge is 0.311 e. The number of likely N-dealkylation sites (tertiary alicyclic amines) is 1. The molecule has 0 aromatic rings. The molecule has 1 aliphatic heterocycles. The monoisotopic (exact) mass is 283 g/mol. The first kappa shape index (κ1) is 17.0. The van der Waals surface area contributed by atoms with Gasteiger partial charge in [-0.2, -0.15) is 0 Å². The summed E-state index contributed by atoms with van der Waals surface area (Å²) in [5, 5.41) is 9.32. The number of carbonyl (C=O) groups is 2. The molecule has 1 fully saturated rings. The van der Waals surface area contributed by atoms with E-state index in [-0.39, 0.29) is 5.91 Å². The molecule has 1 atom stereocenters. The highest BCUT2D eigenvalue weighted by atomic mass is 16.4. The van der Waals surface area contributed by atoms with E-state index in [1.54, 1.807) is 4.90 Å². The molecule has 0 spiro atoms. The quantitative estimate of drug-likeness (QED) is 0.659. The third kappa shape index (κ3) is 4.50. The van der Waals surface area contributed by atoms with Crippen LogP contribution in [0.1, 0.15) is 71.6 Å². The molecule has 1 saturated heterocycles. The number of carbonyl (C=O) groups excluding carboxylic acids is 1. The first-order chi connectivity index (χ1) is 9.55. The minimum atomic E-state index is -0.755. The summed E-state index contributed by atoms with van der Waals surface area (Å²) in [4.78, 5) is 25.2. The molecule has 116 valence electrons. The van der Waals surface area contributed by atoms with Crippen molar-refractivity contribution in [1.29, 1.82) is 0 Å². The molecule has 1 heterocycles. The number of carboxylic acids is 1. The molecule has 0 saturated carbocycles. The van der Waals surface area contributed by atoms with Crippen LogP contribution in [-0.4, -0.2) is 35.0 Å². The highest BCUT2D eigenvalue weighted by Crippen LogP contribution is 2.34. The van der Waals surface area contributed by atoms with Crippen molar-refractivity contribution in [3.8, 4) is 0 Å². The Kier molecular flexibility index (Phi) is 7.03. The lowest BCUT2D eigenvalue weighted by Gasteiger charge is -2.23. The van der Waals surface area contributed by atoms with E-state index >= 15 is 0 Å². The molecular formula is C16H29NO3. The molecule has 0 radical (unpaired) electrons. The Labute approximate surface area is 122 Å². The zero-order chi connectivity index (χ0) is 15.0. The van der Waals surface area contributed by atoms with Gasteiger partial charge < -0.3 is 10.0 Å². The lowest BCUT2D eigenvalue weighted by molar-refractivity contribution is -0.148. The molecule has 0 aliphatic carbocycles. The molecule has 4 heteroatoms. The van der Waals surface area contributed by atoms with Crippen molar-refractivity contribution in [2.24, 2.45) is 5.41 Å². The van der Waals surface area contributed by atoms with Crippen LogP contribution >= 0.6 is 0 Å². The second-order valence-corrected chi connectivity index (χ2v) is 6.02. The zero-order valence-corrected chi connectivity index (χ0v) is 13.0. The normalized spacial score (nSPS) is 22.2. The number of unbranched alkanes of at least 4 members (excludes halogenated alkanes) is 5. The minimum absolute atomic E-state index is 0.136. The molecular weight excluding hydrogens is 254 g/mol. The summed E-state index contributed by atoms with van der Waals surface area (Å²) in [6, 6.07) is 0. The second-order valence-electron chi connectivity index (χ2n) is 6.02. The molecule has 1 rings (SSSR count). The minimum Gasteiger partial charge on any atom is -0.481 e. The van der Waals surface area contributed by atoms with Crippen LogP contribution in [0.5, 0.6) is 0 Å². The van der Waals surface area contributed by atoms with E-state index < -0.39 is 11.4 Å². The molecule has 1 N–H and O–H groups in total. The van der Waals surface area contributed by atoms with Gasteiger partial charge in [-0.1, -0.05) is 46.0 Å². The zero-order valence-electron chi connectivity index (χ0n) is 13.0. The van der Waals surface area contributed by atoms with Crippen molar-refractivity contribution >= 4 is 11.9 Å². The summed E-state index contributed by atoms with van der Waals surface area (Å²) in [5.74, 6) is -0.619. The highest BCUT2D eigenvalue weighted by molar-refractivity contribution is 5.80. The number of hydrogen-bond donors (Lipinski definition) is 1. The van der Waals surface area contributed by atoms with E-state index in [2.05, 4.69) is 6.92 Å². The predicted octanol–water partition coefficient (Wildman–Crippen LogP) is 3.45. The third-order valence-electron chi connectivity index (χ3n) is 4.58. The van der Waals surface area contributed by atoms with E-state index in [0.717, 1.165) is 12.8 Å². The van der Waals surface area contributed by atoms with Gasteiger partial charge in [0.25, 0.3) is 0 Å². The number of carboxylic acid groups (broad SMARTS) is 1. The SMILES string of the molecule is CCCCCCCCC(=O)N1CCC(CC)(C(=O)O)C1. The first-order valence-electron chi connectivity index (χ1n) is 8.07. The van der Waals surface area contributed by atoms with Crippen LogP contribution in [0.4, 0.5) is 0 Å². The standard InChI is InChI=1S/C16H29NO3/c1-3-5-6-7-8-9-10-14(18)17-12-11-16(4-2,13-17)15(19)20/h3-13H2,1-2H3,(H,19,20). The third-order valence-corrected chi connectivity index (χ3v) is 4.58. The van der Waals surface area contributed by atoms with E-state index in [1.807, 2.05) is 6.92 Å². The lowest BCUT2D eigenvalue weighted by atomic mass is 9.84. The van der Waals surface area contributed by atoms with Gasteiger partial charge in [0.05, 0.1) is 5.41 Å². The average Bonchev–Trinajstić information content (AvgIpc) is 2.88. The summed E-state index contributed by atoms with van der Waals surface area (Å²) in [6.45, 7) is 5.09. The van der Waals surface area contributed by atoms with Crippen LogP contribution in [0.15, 0.2) is 0 Å². The number of hydrogen-bond acceptors (Lipinski definition) is 2. The number of nitrogens with zero attached hydrogens (tertiary/aromatic N) is 1. The summed E-state index contributed by atoms with van der Waals surface area (Å²) < 4.78 is 0. The molecule has 1 unspecified atom stereocenters. The fourth-order valence-electron chi connectivity index (χ4n) is 2.91.